The SMILES string of the molecule is CN1CCNCC1.CN1CCNCC1.O=C([O-])C(=O)[O-].[Fe+2]. The molecule has 0 atom stereocenters. The minimum Gasteiger partial charge on any atom is -0.543 e. The van der Waals surface area contributed by atoms with Gasteiger partial charge >= 0.3 is 17.1 Å². The van der Waals surface area contributed by atoms with Gasteiger partial charge in [-0.1, -0.05) is 0 Å². The van der Waals surface area contributed by atoms with E-state index in [1.807, 2.05) is 0 Å². The van der Waals surface area contributed by atoms with Crippen LogP contribution in [-0.4, -0.2) is 88.2 Å². The average molecular weight is 344 g/mol. The maximum atomic E-state index is 8.93. The average Bonchev–Trinajstić information content (AvgIpc) is 2.42. The molecule has 2 saturated heterocycles. The zero-order valence-corrected chi connectivity index (χ0v) is 13.6. The maximum absolute atomic E-state index is 8.93. The van der Waals surface area contributed by atoms with Crippen molar-refractivity contribution < 1.29 is 36.9 Å². The number of carbonyl (C=O) groups excluding carboxylic acids is 2. The number of aliphatic carboxylic acids is 2. The molecule has 2 aliphatic rings. The first-order chi connectivity index (χ1) is 9.43. The van der Waals surface area contributed by atoms with Crippen LogP contribution in [0.25, 0.3) is 0 Å². The van der Waals surface area contributed by atoms with Crippen molar-refractivity contribution in [3.8, 4) is 0 Å². The summed E-state index contributed by atoms with van der Waals surface area (Å²) in [6, 6.07) is 0. The van der Waals surface area contributed by atoms with Crippen molar-refractivity contribution in [1.29, 1.82) is 0 Å². The molecule has 8 nitrogen and oxygen atoms in total. The molecule has 0 bridgehead atoms. The Balaban J connectivity index is 0. The Morgan fingerprint density at radius 3 is 1.10 bits per heavy atom. The molecule has 0 aromatic heterocycles. The summed E-state index contributed by atoms with van der Waals surface area (Å²) in [5.41, 5.74) is 0. The van der Waals surface area contributed by atoms with Crippen molar-refractivity contribution in [2.24, 2.45) is 0 Å². The molecule has 0 aromatic carbocycles. The summed E-state index contributed by atoms with van der Waals surface area (Å²) in [4.78, 5) is 22.5. The van der Waals surface area contributed by atoms with E-state index in [9.17, 15) is 0 Å². The van der Waals surface area contributed by atoms with E-state index in [2.05, 4.69) is 34.5 Å². The number of rotatable bonds is 0. The molecule has 0 aliphatic carbocycles. The van der Waals surface area contributed by atoms with Gasteiger partial charge in [-0.15, -0.1) is 0 Å². The van der Waals surface area contributed by atoms with Crippen molar-refractivity contribution in [2.75, 3.05) is 66.5 Å². The van der Waals surface area contributed by atoms with E-state index in [-0.39, 0.29) is 17.1 Å². The van der Waals surface area contributed by atoms with Crippen LogP contribution < -0.4 is 20.8 Å². The molecule has 0 radical (unpaired) electrons. The summed E-state index contributed by atoms with van der Waals surface area (Å²) < 4.78 is 0. The molecular formula is C12H24FeN4O4. The number of likely N-dealkylation sites (N-methyl/N-ethyl adjacent to an activating group) is 2. The Labute approximate surface area is 136 Å². The molecule has 2 heterocycles. The topological polar surface area (TPSA) is 111 Å². The van der Waals surface area contributed by atoms with Gasteiger partial charge in [0.15, 0.2) is 0 Å². The molecule has 0 saturated carbocycles. The van der Waals surface area contributed by atoms with E-state index in [1.54, 1.807) is 0 Å². The summed E-state index contributed by atoms with van der Waals surface area (Å²) >= 11 is 0. The van der Waals surface area contributed by atoms with Crippen molar-refractivity contribution in [1.82, 2.24) is 20.4 Å². The number of piperazine rings is 2. The van der Waals surface area contributed by atoms with Gasteiger partial charge in [0.1, 0.15) is 0 Å². The molecule has 9 heteroatoms. The van der Waals surface area contributed by atoms with Gasteiger partial charge in [-0.05, 0) is 14.1 Å². The van der Waals surface area contributed by atoms with Gasteiger partial charge in [0.2, 0.25) is 0 Å². The number of carbonyl (C=O) groups is 2. The van der Waals surface area contributed by atoms with Crippen LogP contribution in [0.15, 0.2) is 0 Å². The second-order valence-corrected chi connectivity index (χ2v) is 4.68. The normalized spacial score (nSPS) is 19.0. The quantitative estimate of drug-likeness (QED) is 0.334. The number of carboxylic acid groups (broad SMARTS) is 2. The number of nitrogens with one attached hydrogen (secondary N) is 2. The maximum Gasteiger partial charge on any atom is 2.00 e. The molecule has 2 fully saturated rings. The van der Waals surface area contributed by atoms with Gasteiger partial charge in [0.25, 0.3) is 0 Å². The fourth-order valence-electron chi connectivity index (χ4n) is 1.55. The first-order valence-corrected chi connectivity index (χ1v) is 6.64. The van der Waals surface area contributed by atoms with Gasteiger partial charge in [-0.3, -0.25) is 0 Å². The van der Waals surface area contributed by atoms with Crippen LogP contribution in [0.3, 0.4) is 0 Å². The molecule has 2 aliphatic heterocycles. The van der Waals surface area contributed by atoms with Crippen molar-refractivity contribution in [3.63, 3.8) is 0 Å². The summed E-state index contributed by atoms with van der Waals surface area (Å²) in [7, 11) is 4.31. The molecule has 0 unspecified atom stereocenters. The van der Waals surface area contributed by atoms with Crippen LogP contribution in [0, 0.1) is 0 Å². The number of carboxylic acids is 2. The molecular weight excluding hydrogens is 320 g/mol. The molecule has 0 amide bonds. The minimum atomic E-state index is -2.19. The summed E-state index contributed by atoms with van der Waals surface area (Å²) in [6.45, 7) is 9.49. The summed E-state index contributed by atoms with van der Waals surface area (Å²) in [5.74, 6) is -4.37. The molecule has 2 N–H and O–H groups in total. The molecule has 21 heavy (non-hydrogen) atoms. The van der Waals surface area contributed by atoms with E-state index in [0.717, 1.165) is 26.2 Å². The van der Waals surface area contributed by atoms with Gasteiger partial charge < -0.3 is 40.2 Å². The second-order valence-electron chi connectivity index (χ2n) is 4.68. The van der Waals surface area contributed by atoms with Crippen molar-refractivity contribution in [2.45, 2.75) is 0 Å². The largest absolute Gasteiger partial charge is 2.00 e. The van der Waals surface area contributed by atoms with Crippen molar-refractivity contribution >= 4 is 11.9 Å². The molecule has 124 valence electrons. The Morgan fingerprint density at radius 1 is 0.762 bits per heavy atom. The Kier molecular flexibility index (Phi) is 15.3. The van der Waals surface area contributed by atoms with Crippen LogP contribution in [0.1, 0.15) is 0 Å². The van der Waals surface area contributed by atoms with Crippen LogP contribution in [-0.2, 0) is 26.7 Å². The van der Waals surface area contributed by atoms with Crippen LogP contribution in [0.5, 0.6) is 0 Å². The van der Waals surface area contributed by atoms with Gasteiger partial charge in [0, 0.05) is 52.4 Å². The second kappa shape index (κ2) is 14.2. The minimum absolute atomic E-state index is 0. The monoisotopic (exact) mass is 344 g/mol. The van der Waals surface area contributed by atoms with Crippen molar-refractivity contribution in [3.05, 3.63) is 0 Å². The first kappa shape index (κ1) is 22.6. The first-order valence-electron chi connectivity index (χ1n) is 6.64. The number of hydrogen-bond donors (Lipinski definition) is 2. The fraction of sp³-hybridized carbons (Fsp3) is 0.833. The standard InChI is InChI=1S/2C5H12N2.C2H2O4.Fe/c2*1-7-4-2-6-3-5-7;3-1(4)2(5)6;/h2*6H,2-5H2,1H3;(H,3,4)(H,5,6);/q;;;+2/p-2. The zero-order chi connectivity index (χ0) is 15.4. The van der Waals surface area contributed by atoms with Gasteiger partial charge in [0.05, 0.1) is 11.9 Å². The molecule has 0 spiro atoms. The third kappa shape index (κ3) is 15.5. The van der Waals surface area contributed by atoms with Gasteiger partial charge in [-0.2, -0.15) is 0 Å². The third-order valence-corrected chi connectivity index (χ3v) is 2.85. The fourth-order valence-corrected chi connectivity index (χ4v) is 1.55. The van der Waals surface area contributed by atoms with Crippen LogP contribution in [0.2, 0.25) is 0 Å². The predicted molar refractivity (Wildman–Crippen MR) is 70.7 cm³/mol. The zero-order valence-electron chi connectivity index (χ0n) is 12.5. The third-order valence-electron chi connectivity index (χ3n) is 2.85. The summed E-state index contributed by atoms with van der Waals surface area (Å²) in [5, 5.41) is 24.4. The van der Waals surface area contributed by atoms with Crippen LogP contribution >= 0.6 is 0 Å². The van der Waals surface area contributed by atoms with Gasteiger partial charge in [-0.25, -0.2) is 0 Å². The molecule has 0 aromatic rings. The number of hydrogen-bond acceptors (Lipinski definition) is 8. The van der Waals surface area contributed by atoms with E-state index in [0.29, 0.717) is 0 Å². The Hall–Kier alpha value is -0.701. The van der Waals surface area contributed by atoms with E-state index in [1.165, 1.54) is 26.2 Å². The smallest absolute Gasteiger partial charge is 0.543 e. The predicted octanol–water partition coefficient (Wildman–Crippen LogP) is -4.47. The number of nitrogens with zero attached hydrogens (tertiary/aromatic N) is 2. The Bertz CT molecular complexity index is 254. The van der Waals surface area contributed by atoms with Crippen LogP contribution in [0.4, 0.5) is 0 Å². The Morgan fingerprint density at radius 2 is 1.00 bits per heavy atom. The molecule has 2 rings (SSSR count). The van der Waals surface area contributed by atoms with E-state index in [4.69, 9.17) is 19.8 Å². The van der Waals surface area contributed by atoms with E-state index >= 15 is 0 Å². The summed E-state index contributed by atoms with van der Waals surface area (Å²) in [6.07, 6.45) is 0. The van der Waals surface area contributed by atoms with E-state index < -0.39 is 11.9 Å².